The molecule has 0 aliphatic carbocycles. The predicted octanol–water partition coefficient (Wildman–Crippen LogP) is 5.51. The van der Waals surface area contributed by atoms with E-state index in [0.717, 1.165) is 58.0 Å². The summed E-state index contributed by atoms with van der Waals surface area (Å²) >= 11 is 0. The maximum Gasteiger partial charge on any atom is 0.306 e. The second kappa shape index (κ2) is 17.0. The molecule has 3 N–H and O–H groups in total. The Morgan fingerprint density at radius 3 is 1.97 bits per heavy atom. The number of hydrogen-bond acceptors (Lipinski definition) is 3. The molecule has 0 saturated carbocycles. The summed E-state index contributed by atoms with van der Waals surface area (Å²) in [6.45, 7) is 8.72. The number of carbonyl (C=O) groups is 1. The maximum atomic E-state index is 12.2. The average molecular weight is 427 g/mol. The summed E-state index contributed by atoms with van der Waals surface area (Å²) in [5.41, 5.74) is -0.311. The van der Waals surface area contributed by atoms with Crippen molar-refractivity contribution < 1.29 is 20.0 Å². The van der Waals surface area contributed by atoms with E-state index in [9.17, 15) is 9.90 Å². The summed E-state index contributed by atoms with van der Waals surface area (Å²) in [5.74, 6) is 0.497. The van der Waals surface area contributed by atoms with Gasteiger partial charge in [0, 0.05) is 25.2 Å². The summed E-state index contributed by atoms with van der Waals surface area (Å²) in [6, 6.07) is 0. The number of ether oxygens (including phenoxy) is 1. The van der Waals surface area contributed by atoms with Gasteiger partial charge >= 0.3 is 5.97 Å². The van der Waals surface area contributed by atoms with Gasteiger partial charge in [-0.15, -0.1) is 0 Å². The number of carbonyl (C=O) groups excluding carboxylic acids is 1. The van der Waals surface area contributed by atoms with Gasteiger partial charge in [0.15, 0.2) is 0 Å². The lowest BCUT2D eigenvalue weighted by Crippen LogP contribution is -2.86. The first-order chi connectivity index (χ1) is 14.5. The Kier molecular flexibility index (Phi) is 15.5. The van der Waals surface area contributed by atoms with Crippen molar-refractivity contribution in [3.05, 3.63) is 0 Å². The van der Waals surface area contributed by atoms with E-state index in [4.69, 9.17) is 4.74 Å². The molecule has 1 heterocycles. The highest BCUT2D eigenvalue weighted by atomic mass is 16.6. The minimum atomic E-state index is -0.311. The molecule has 0 bridgehead atoms. The molecule has 1 unspecified atom stereocenters. The van der Waals surface area contributed by atoms with Gasteiger partial charge < -0.3 is 15.2 Å². The molecule has 0 aromatic rings. The van der Waals surface area contributed by atoms with Gasteiger partial charge in [0.25, 0.3) is 0 Å². The lowest BCUT2D eigenvalue weighted by atomic mass is 9.83. The van der Waals surface area contributed by atoms with Crippen molar-refractivity contribution in [2.45, 2.75) is 142 Å². The third kappa shape index (κ3) is 13.6. The number of aliphatic hydroxyl groups excluding tert-OH is 1. The molecule has 1 fully saturated rings. The number of unbranched alkanes of at least 4 members (excludes halogenated alkanes) is 10. The van der Waals surface area contributed by atoms with E-state index in [1.807, 2.05) is 0 Å². The Morgan fingerprint density at radius 2 is 1.40 bits per heavy atom. The van der Waals surface area contributed by atoms with E-state index in [2.05, 4.69) is 26.1 Å². The molecule has 30 heavy (non-hydrogen) atoms. The van der Waals surface area contributed by atoms with Gasteiger partial charge in [0.1, 0.15) is 5.60 Å². The molecule has 0 aromatic carbocycles. The van der Waals surface area contributed by atoms with Gasteiger partial charge in [-0.25, -0.2) is 0 Å². The highest BCUT2D eigenvalue weighted by Gasteiger charge is 2.35. The van der Waals surface area contributed by atoms with Crippen molar-refractivity contribution in [2.24, 2.45) is 5.92 Å². The molecule has 0 amide bonds. The van der Waals surface area contributed by atoms with Crippen molar-refractivity contribution in [1.29, 1.82) is 0 Å². The van der Waals surface area contributed by atoms with Crippen molar-refractivity contribution in [1.82, 2.24) is 0 Å². The number of piperidine rings is 1. The Morgan fingerprint density at radius 1 is 0.900 bits per heavy atom. The number of esters is 1. The summed E-state index contributed by atoms with van der Waals surface area (Å²) in [5, 5.41) is 12.4. The first kappa shape index (κ1) is 27.4. The van der Waals surface area contributed by atoms with Crippen molar-refractivity contribution in [2.75, 3.05) is 13.1 Å². The minimum Gasteiger partial charge on any atom is -0.459 e. The van der Waals surface area contributed by atoms with Gasteiger partial charge in [0.05, 0.1) is 19.2 Å². The van der Waals surface area contributed by atoms with Crippen LogP contribution in [0.2, 0.25) is 0 Å². The van der Waals surface area contributed by atoms with Crippen molar-refractivity contribution in [3.63, 3.8) is 0 Å². The molecule has 4 nitrogen and oxygen atoms in total. The van der Waals surface area contributed by atoms with E-state index in [0.29, 0.717) is 12.3 Å². The van der Waals surface area contributed by atoms with E-state index < -0.39 is 0 Å². The number of rotatable bonds is 18. The van der Waals surface area contributed by atoms with Crippen LogP contribution in [0.4, 0.5) is 0 Å². The molecule has 1 saturated heterocycles. The molecular formula is C26H52NO3+. The van der Waals surface area contributed by atoms with E-state index in [-0.39, 0.29) is 17.7 Å². The summed E-state index contributed by atoms with van der Waals surface area (Å²) in [6.07, 6.45) is 19.3. The Hall–Kier alpha value is -0.610. The maximum absolute atomic E-state index is 12.2. The molecule has 4 heteroatoms. The van der Waals surface area contributed by atoms with Crippen molar-refractivity contribution >= 4 is 5.97 Å². The lowest BCUT2D eigenvalue weighted by molar-refractivity contribution is -0.665. The van der Waals surface area contributed by atoms with Crippen LogP contribution in [0.15, 0.2) is 0 Å². The Balaban J connectivity index is 1.90. The van der Waals surface area contributed by atoms with Crippen LogP contribution in [-0.4, -0.2) is 35.9 Å². The van der Waals surface area contributed by atoms with Crippen LogP contribution in [0.1, 0.15) is 130 Å². The highest BCUT2D eigenvalue weighted by molar-refractivity contribution is 5.69. The largest absolute Gasteiger partial charge is 0.459 e. The quantitative estimate of drug-likeness (QED) is 0.224. The zero-order chi connectivity index (χ0) is 22.1. The predicted molar refractivity (Wildman–Crippen MR) is 125 cm³/mol. The first-order valence-electron chi connectivity index (χ1n) is 13.2. The fraction of sp³-hybridized carbons (Fsp3) is 0.962. The van der Waals surface area contributed by atoms with Crippen LogP contribution < -0.4 is 5.32 Å². The smallest absolute Gasteiger partial charge is 0.306 e. The Labute approximate surface area is 186 Å². The minimum absolute atomic E-state index is 0.0113. The summed E-state index contributed by atoms with van der Waals surface area (Å²) in [4.78, 5) is 12.2. The third-order valence-corrected chi connectivity index (χ3v) is 6.86. The normalized spacial score (nSPS) is 16.5. The number of hydrogen-bond donors (Lipinski definition) is 2. The zero-order valence-corrected chi connectivity index (χ0v) is 20.4. The molecule has 1 aliphatic heterocycles. The molecule has 0 spiro atoms. The van der Waals surface area contributed by atoms with Crippen LogP contribution >= 0.6 is 0 Å². The summed E-state index contributed by atoms with van der Waals surface area (Å²) in [7, 11) is 0. The number of nitrogens with two attached hydrogens (primary N) is 1. The molecular weight excluding hydrogens is 374 g/mol. The second-order valence-electron chi connectivity index (χ2n) is 10.1. The van der Waals surface area contributed by atoms with Crippen LogP contribution in [-0.2, 0) is 9.53 Å². The van der Waals surface area contributed by atoms with Gasteiger partial charge in [-0.2, -0.15) is 0 Å². The van der Waals surface area contributed by atoms with E-state index >= 15 is 0 Å². The SMILES string of the molecule is CCCCCCC(O)CCCCCCCCCCC(=O)OC(C)(C)C1CC[NH2+]CC1. The van der Waals surface area contributed by atoms with Gasteiger partial charge in [0.2, 0.25) is 0 Å². The van der Waals surface area contributed by atoms with Gasteiger partial charge in [-0.3, -0.25) is 4.79 Å². The number of quaternary nitrogens is 1. The van der Waals surface area contributed by atoms with Crippen molar-refractivity contribution in [3.8, 4) is 0 Å². The number of aliphatic hydroxyl groups is 1. The average Bonchev–Trinajstić information content (AvgIpc) is 2.73. The van der Waals surface area contributed by atoms with E-state index in [1.165, 1.54) is 57.8 Å². The fourth-order valence-corrected chi connectivity index (χ4v) is 4.71. The first-order valence-corrected chi connectivity index (χ1v) is 13.2. The van der Waals surface area contributed by atoms with Crippen LogP contribution in [0.3, 0.4) is 0 Å². The van der Waals surface area contributed by atoms with Gasteiger partial charge in [-0.1, -0.05) is 77.6 Å². The topological polar surface area (TPSA) is 63.1 Å². The molecule has 1 atom stereocenters. The zero-order valence-electron chi connectivity index (χ0n) is 20.4. The Bertz CT molecular complexity index is 419. The van der Waals surface area contributed by atoms with Gasteiger partial charge in [-0.05, 0) is 33.1 Å². The second-order valence-corrected chi connectivity index (χ2v) is 10.1. The molecule has 1 rings (SSSR count). The monoisotopic (exact) mass is 426 g/mol. The molecule has 0 radical (unpaired) electrons. The fourth-order valence-electron chi connectivity index (χ4n) is 4.71. The molecule has 0 aromatic heterocycles. The lowest BCUT2D eigenvalue weighted by Gasteiger charge is -2.35. The standard InChI is InChI=1S/C26H51NO3/c1-4-5-6-13-16-24(28)17-14-11-9-7-8-10-12-15-18-25(29)30-26(2,3)23-19-21-27-22-20-23/h23-24,27-28H,4-22H2,1-3H3/p+1. The van der Waals surface area contributed by atoms with Crippen LogP contribution in [0.25, 0.3) is 0 Å². The highest BCUT2D eigenvalue weighted by Crippen LogP contribution is 2.28. The summed E-state index contributed by atoms with van der Waals surface area (Å²) < 4.78 is 5.83. The molecule has 178 valence electrons. The van der Waals surface area contributed by atoms with E-state index in [1.54, 1.807) is 0 Å². The molecule has 1 aliphatic rings. The van der Waals surface area contributed by atoms with Crippen LogP contribution in [0.5, 0.6) is 0 Å². The third-order valence-electron chi connectivity index (χ3n) is 6.86. The van der Waals surface area contributed by atoms with Crippen LogP contribution in [0, 0.1) is 5.92 Å².